The molecular weight excluding hydrogens is 364 g/mol. The molecule has 0 unspecified atom stereocenters. The summed E-state index contributed by atoms with van der Waals surface area (Å²) in [6, 6.07) is 3.28. The number of rotatable bonds is 7. The summed E-state index contributed by atoms with van der Waals surface area (Å²) in [5, 5.41) is 6.69. The van der Waals surface area contributed by atoms with E-state index in [1.807, 2.05) is 0 Å². The Morgan fingerprint density at radius 2 is 2.07 bits per heavy atom. The molecule has 2 aromatic heterocycles. The number of carbonyl (C=O) groups excluding carboxylic acids is 2. The van der Waals surface area contributed by atoms with Crippen LogP contribution in [0.15, 0.2) is 24.5 Å². The molecule has 0 aromatic carbocycles. The Balaban J connectivity index is 1.60. The summed E-state index contributed by atoms with van der Waals surface area (Å²) in [5.41, 5.74) is 0.538. The predicted octanol–water partition coefficient (Wildman–Crippen LogP) is 2.05. The molecule has 0 aliphatic carbocycles. The van der Waals surface area contributed by atoms with Crippen LogP contribution in [0.3, 0.4) is 0 Å². The first-order chi connectivity index (χ1) is 13.6. The molecule has 1 amide bonds. The van der Waals surface area contributed by atoms with Crippen molar-refractivity contribution in [1.29, 1.82) is 0 Å². The standard InChI is InChI=1S/C19H24N4O5/c1-3-27-19(25)15-11-21-23(2)17(15)22-18(24)14-4-5-16(20-10-14)28-12-13-6-8-26-9-7-13/h4-5,10-11,13H,3,6-9,12H2,1-2H3,(H,22,24). The Labute approximate surface area is 163 Å². The molecule has 150 valence electrons. The lowest BCUT2D eigenvalue weighted by Crippen LogP contribution is -2.21. The van der Waals surface area contributed by atoms with Gasteiger partial charge in [0.25, 0.3) is 5.91 Å². The van der Waals surface area contributed by atoms with Crippen molar-refractivity contribution in [2.75, 3.05) is 31.7 Å². The summed E-state index contributed by atoms with van der Waals surface area (Å²) in [5.74, 6) is 0.252. The maximum Gasteiger partial charge on any atom is 0.343 e. The maximum absolute atomic E-state index is 12.5. The van der Waals surface area contributed by atoms with E-state index in [9.17, 15) is 9.59 Å². The van der Waals surface area contributed by atoms with Gasteiger partial charge in [-0.2, -0.15) is 5.10 Å². The van der Waals surface area contributed by atoms with Gasteiger partial charge in [0, 0.05) is 32.5 Å². The zero-order valence-corrected chi connectivity index (χ0v) is 16.0. The van der Waals surface area contributed by atoms with E-state index in [0.717, 1.165) is 26.1 Å². The number of amides is 1. The van der Waals surface area contributed by atoms with Crippen LogP contribution in [0.2, 0.25) is 0 Å². The highest BCUT2D eigenvalue weighted by atomic mass is 16.5. The van der Waals surface area contributed by atoms with E-state index in [1.165, 1.54) is 17.1 Å². The molecule has 1 aliphatic rings. The van der Waals surface area contributed by atoms with Gasteiger partial charge in [-0.25, -0.2) is 9.78 Å². The van der Waals surface area contributed by atoms with E-state index < -0.39 is 11.9 Å². The van der Waals surface area contributed by atoms with Crippen molar-refractivity contribution in [2.24, 2.45) is 13.0 Å². The van der Waals surface area contributed by atoms with E-state index in [2.05, 4.69) is 15.4 Å². The van der Waals surface area contributed by atoms with Gasteiger partial charge >= 0.3 is 5.97 Å². The first-order valence-corrected chi connectivity index (χ1v) is 9.25. The van der Waals surface area contributed by atoms with Gasteiger partial charge in [0.1, 0.15) is 11.4 Å². The summed E-state index contributed by atoms with van der Waals surface area (Å²) < 4.78 is 17.4. The van der Waals surface area contributed by atoms with Crippen LogP contribution in [0.5, 0.6) is 5.88 Å². The van der Waals surface area contributed by atoms with Crippen LogP contribution in [-0.2, 0) is 16.5 Å². The van der Waals surface area contributed by atoms with Crippen molar-refractivity contribution in [3.8, 4) is 5.88 Å². The molecule has 0 radical (unpaired) electrons. The second kappa shape index (κ2) is 9.32. The fourth-order valence-electron chi connectivity index (χ4n) is 2.84. The summed E-state index contributed by atoms with van der Waals surface area (Å²) in [4.78, 5) is 28.7. The molecule has 9 heteroatoms. The second-order valence-electron chi connectivity index (χ2n) is 6.46. The Morgan fingerprint density at radius 3 is 2.75 bits per heavy atom. The molecule has 0 spiro atoms. The van der Waals surface area contributed by atoms with E-state index in [4.69, 9.17) is 14.2 Å². The van der Waals surface area contributed by atoms with Gasteiger partial charge in [0.2, 0.25) is 5.88 Å². The van der Waals surface area contributed by atoms with Crippen molar-refractivity contribution in [1.82, 2.24) is 14.8 Å². The summed E-state index contributed by atoms with van der Waals surface area (Å²) >= 11 is 0. The van der Waals surface area contributed by atoms with Crippen LogP contribution in [0.4, 0.5) is 5.82 Å². The second-order valence-corrected chi connectivity index (χ2v) is 6.46. The molecule has 0 saturated carbocycles. The van der Waals surface area contributed by atoms with Gasteiger partial charge in [-0.15, -0.1) is 0 Å². The number of anilines is 1. The van der Waals surface area contributed by atoms with Crippen LogP contribution in [0, 0.1) is 5.92 Å². The SMILES string of the molecule is CCOC(=O)c1cnn(C)c1NC(=O)c1ccc(OCC2CCOCC2)nc1. The average Bonchev–Trinajstić information content (AvgIpc) is 3.08. The van der Waals surface area contributed by atoms with Crippen molar-refractivity contribution in [2.45, 2.75) is 19.8 Å². The smallest absolute Gasteiger partial charge is 0.343 e. The highest BCUT2D eigenvalue weighted by Crippen LogP contribution is 2.19. The third-order valence-corrected chi connectivity index (χ3v) is 4.47. The Morgan fingerprint density at radius 1 is 1.29 bits per heavy atom. The summed E-state index contributed by atoms with van der Waals surface area (Å²) in [6.07, 6.45) is 4.76. The Kier molecular flexibility index (Phi) is 6.59. The van der Waals surface area contributed by atoms with Crippen LogP contribution in [-0.4, -0.2) is 53.1 Å². The van der Waals surface area contributed by atoms with Crippen LogP contribution < -0.4 is 10.1 Å². The zero-order chi connectivity index (χ0) is 19.9. The third kappa shape index (κ3) is 4.86. The molecule has 2 aromatic rings. The molecule has 0 atom stereocenters. The van der Waals surface area contributed by atoms with E-state index in [-0.39, 0.29) is 18.0 Å². The van der Waals surface area contributed by atoms with Crippen molar-refractivity contribution in [3.63, 3.8) is 0 Å². The number of carbonyl (C=O) groups is 2. The van der Waals surface area contributed by atoms with Crippen LogP contribution in [0.1, 0.15) is 40.5 Å². The fourth-order valence-corrected chi connectivity index (χ4v) is 2.84. The molecular formula is C19H24N4O5. The minimum absolute atomic E-state index is 0.196. The molecule has 3 heterocycles. The third-order valence-electron chi connectivity index (χ3n) is 4.47. The molecule has 9 nitrogen and oxygen atoms in total. The Hall–Kier alpha value is -2.94. The fraction of sp³-hybridized carbons (Fsp3) is 0.474. The van der Waals surface area contributed by atoms with Gasteiger partial charge in [0.05, 0.1) is 25.0 Å². The van der Waals surface area contributed by atoms with Crippen molar-refractivity contribution < 1.29 is 23.8 Å². The number of pyridine rings is 1. The highest BCUT2D eigenvalue weighted by Gasteiger charge is 2.20. The van der Waals surface area contributed by atoms with Crippen molar-refractivity contribution in [3.05, 3.63) is 35.7 Å². The first kappa shape index (κ1) is 19.8. The predicted molar refractivity (Wildman–Crippen MR) is 100 cm³/mol. The lowest BCUT2D eigenvalue weighted by molar-refractivity contribution is 0.0490. The summed E-state index contributed by atoms with van der Waals surface area (Å²) in [6.45, 7) is 4.06. The number of aromatic nitrogens is 3. The molecule has 1 fully saturated rings. The average molecular weight is 388 g/mol. The molecule has 28 heavy (non-hydrogen) atoms. The van der Waals surface area contributed by atoms with E-state index in [0.29, 0.717) is 24.0 Å². The van der Waals surface area contributed by atoms with Crippen molar-refractivity contribution >= 4 is 17.7 Å². The van der Waals surface area contributed by atoms with Gasteiger partial charge in [-0.3, -0.25) is 9.48 Å². The van der Waals surface area contributed by atoms with Crippen LogP contribution >= 0.6 is 0 Å². The first-order valence-electron chi connectivity index (χ1n) is 9.25. The van der Waals surface area contributed by atoms with E-state index in [1.54, 1.807) is 26.1 Å². The quantitative estimate of drug-likeness (QED) is 0.724. The molecule has 1 aliphatic heterocycles. The largest absolute Gasteiger partial charge is 0.477 e. The number of nitrogens with zero attached hydrogens (tertiary/aromatic N) is 3. The number of ether oxygens (including phenoxy) is 3. The number of hydrogen-bond acceptors (Lipinski definition) is 7. The lowest BCUT2D eigenvalue weighted by Gasteiger charge is -2.21. The highest BCUT2D eigenvalue weighted by molar-refractivity contribution is 6.07. The molecule has 3 rings (SSSR count). The van der Waals surface area contributed by atoms with Crippen LogP contribution in [0.25, 0.3) is 0 Å². The normalized spacial score (nSPS) is 14.5. The molecule has 0 bridgehead atoms. The van der Waals surface area contributed by atoms with Gasteiger partial charge < -0.3 is 19.5 Å². The minimum atomic E-state index is -0.541. The van der Waals surface area contributed by atoms with E-state index >= 15 is 0 Å². The lowest BCUT2D eigenvalue weighted by atomic mass is 10.0. The van der Waals surface area contributed by atoms with Gasteiger partial charge in [-0.05, 0) is 31.7 Å². The van der Waals surface area contributed by atoms with Gasteiger partial charge in [0.15, 0.2) is 0 Å². The zero-order valence-electron chi connectivity index (χ0n) is 16.0. The molecule has 1 saturated heterocycles. The monoisotopic (exact) mass is 388 g/mol. The minimum Gasteiger partial charge on any atom is -0.477 e. The number of aryl methyl sites for hydroxylation is 1. The topological polar surface area (TPSA) is 105 Å². The number of nitrogens with one attached hydrogen (secondary N) is 1. The summed E-state index contributed by atoms with van der Waals surface area (Å²) in [7, 11) is 1.63. The molecule has 1 N–H and O–H groups in total. The Bertz CT molecular complexity index is 812. The number of hydrogen-bond donors (Lipinski definition) is 1. The number of esters is 1. The maximum atomic E-state index is 12.5. The van der Waals surface area contributed by atoms with Gasteiger partial charge in [-0.1, -0.05) is 0 Å².